The fourth-order valence-electron chi connectivity index (χ4n) is 5.65. The van der Waals surface area contributed by atoms with Crippen LogP contribution in [0.2, 0.25) is 0 Å². The Morgan fingerprint density at radius 1 is 1.13 bits per heavy atom. The molecule has 3 aliphatic rings. The molecule has 0 bridgehead atoms. The number of hydrogen-bond acceptors (Lipinski definition) is 14. The molecular formula is C32H47N2O9PS3. The molecule has 47 heavy (non-hydrogen) atoms. The molecule has 0 aromatic rings. The van der Waals surface area contributed by atoms with Crippen LogP contribution in [-0.4, -0.2) is 104 Å². The van der Waals surface area contributed by atoms with Crippen molar-refractivity contribution in [1.82, 2.24) is 10.8 Å². The minimum Gasteiger partial charge on any atom is -0.392 e. The number of aliphatic hydroxyl groups excluding tert-OH is 2. The molecular weight excluding hydrogens is 684 g/mol. The molecule has 3 rings (SSSR count). The van der Waals surface area contributed by atoms with Gasteiger partial charge in [0.05, 0.1) is 46.4 Å². The van der Waals surface area contributed by atoms with E-state index in [1.165, 1.54) is 33.7 Å². The Kier molecular flexibility index (Phi) is 17.1. The van der Waals surface area contributed by atoms with E-state index >= 15 is 0 Å². The molecule has 0 amide bonds. The van der Waals surface area contributed by atoms with Crippen LogP contribution < -0.4 is 10.8 Å². The van der Waals surface area contributed by atoms with Crippen LogP contribution in [0.4, 0.5) is 0 Å². The van der Waals surface area contributed by atoms with Crippen LogP contribution in [0.5, 0.6) is 0 Å². The third kappa shape index (κ3) is 11.5. The van der Waals surface area contributed by atoms with Crippen molar-refractivity contribution in [3.63, 3.8) is 0 Å². The van der Waals surface area contributed by atoms with E-state index in [9.17, 15) is 24.8 Å². The number of likely N-dealkylation sites (N-methyl/N-ethyl adjacent to an activating group) is 1. The fourth-order valence-corrected chi connectivity index (χ4v) is 9.63. The average molecular weight is 731 g/mol. The van der Waals surface area contributed by atoms with Gasteiger partial charge in [-0.1, -0.05) is 52.3 Å². The average Bonchev–Trinajstić information content (AvgIpc) is 3.00. The van der Waals surface area contributed by atoms with Gasteiger partial charge in [0.1, 0.15) is 6.10 Å². The number of carbonyl (C=O) groups excluding carboxylic acids is 1. The van der Waals surface area contributed by atoms with Crippen LogP contribution in [-0.2, 0) is 23.8 Å². The van der Waals surface area contributed by atoms with E-state index in [1.54, 1.807) is 32.7 Å². The number of thioether (sulfide) groups is 1. The van der Waals surface area contributed by atoms with E-state index in [0.29, 0.717) is 23.4 Å². The van der Waals surface area contributed by atoms with Gasteiger partial charge >= 0.3 is 0 Å². The lowest BCUT2D eigenvalue weighted by molar-refractivity contribution is -0.272. The zero-order valence-electron chi connectivity index (χ0n) is 27.5. The number of terminal acetylenes is 1. The van der Waals surface area contributed by atoms with Crippen LogP contribution in [0.15, 0.2) is 35.1 Å². The topological polar surface area (TPSA) is 159 Å². The Morgan fingerprint density at radius 2 is 1.83 bits per heavy atom. The van der Waals surface area contributed by atoms with Gasteiger partial charge in [-0.3, -0.25) is 9.63 Å². The molecule has 1 aliphatic carbocycles. The smallest absolute Gasteiger partial charge is 0.180 e. The molecule has 2 heterocycles. The zero-order chi connectivity index (χ0) is 34.7. The number of allylic oxidation sites excluding steroid dienone is 3. The third-order valence-electron chi connectivity index (χ3n) is 8.03. The van der Waals surface area contributed by atoms with Crippen LogP contribution in [0, 0.1) is 30.1 Å². The van der Waals surface area contributed by atoms with Gasteiger partial charge in [0, 0.05) is 37.6 Å². The number of hydrogen-bond donors (Lipinski definition) is 6. The molecule has 11 nitrogen and oxygen atoms in total. The van der Waals surface area contributed by atoms with Gasteiger partial charge in [0.15, 0.2) is 26.7 Å². The molecule has 2 aliphatic heterocycles. The number of rotatable bonds is 13. The summed E-state index contributed by atoms with van der Waals surface area (Å²) in [5.41, 5.74) is 4.75. The number of carbonyl (C=O) groups is 1. The van der Waals surface area contributed by atoms with Crippen LogP contribution in [0.3, 0.4) is 0 Å². The van der Waals surface area contributed by atoms with Crippen molar-refractivity contribution in [1.29, 1.82) is 0 Å². The quantitative estimate of drug-likeness (QED) is 0.0540. The van der Waals surface area contributed by atoms with Gasteiger partial charge < -0.3 is 39.5 Å². The van der Waals surface area contributed by atoms with Crippen LogP contribution in [0.25, 0.3) is 0 Å². The summed E-state index contributed by atoms with van der Waals surface area (Å²) in [6.45, 7) is 7.40. The first-order chi connectivity index (χ1) is 22.4. The van der Waals surface area contributed by atoms with E-state index in [-0.39, 0.29) is 40.9 Å². The van der Waals surface area contributed by atoms with E-state index < -0.39 is 51.4 Å². The van der Waals surface area contributed by atoms with Gasteiger partial charge in [0.25, 0.3) is 0 Å². The Morgan fingerprint density at radius 3 is 2.45 bits per heavy atom. The summed E-state index contributed by atoms with van der Waals surface area (Å²) in [4.78, 5) is 37.6. The molecule has 262 valence electrons. The SMILES string of the molecule is C#C/C=C\C#C[C@H](OC1CC(O)[C@H](NOC2C[C@H](O)[C@H](SC)C(C)O2)C(C)O1)C1=C(NC)C(=O)CC(C)/C1=C/CSSC(C)P(O)O. The van der Waals surface area contributed by atoms with Gasteiger partial charge in [0.2, 0.25) is 0 Å². The fraction of sp³-hybridized carbons (Fsp3) is 0.656. The van der Waals surface area contributed by atoms with E-state index in [1.807, 2.05) is 26.2 Å². The van der Waals surface area contributed by atoms with E-state index in [4.69, 9.17) is 25.5 Å². The second-order valence-electron chi connectivity index (χ2n) is 11.4. The molecule has 11 atom stereocenters. The second kappa shape index (κ2) is 19.9. The number of ether oxygens (including phenoxy) is 3. The number of Topliss-reactive ketones (excluding diaryl/α,β-unsaturated/α-hetero) is 1. The van der Waals surface area contributed by atoms with Gasteiger partial charge in [-0.25, -0.2) is 0 Å². The van der Waals surface area contributed by atoms with Gasteiger partial charge in [-0.15, -0.1) is 6.42 Å². The second-order valence-corrected chi connectivity index (χ2v) is 17.0. The minimum atomic E-state index is -2.05. The molecule has 0 spiro atoms. The first kappa shape index (κ1) is 40.4. The molecule has 0 saturated carbocycles. The van der Waals surface area contributed by atoms with Crippen molar-refractivity contribution in [2.45, 2.75) is 106 Å². The van der Waals surface area contributed by atoms with Crippen molar-refractivity contribution in [3.8, 4) is 24.2 Å². The third-order valence-corrected chi connectivity index (χ3v) is 13.6. The molecule has 0 radical (unpaired) electrons. The summed E-state index contributed by atoms with van der Waals surface area (Å²) < 4.78 is 18.6. The van der Waals surface area contributed by atoms with Crippen LogP contribution >= 0.6 is 41.7 Å². The highest BCUT2D eigenvalue weighted by atomic mass is 33.1. The highest BCUT2D eigenvalue weighted by Gasteiger charge is 2.41. The number of aliphatic hydroxyl groups is 2. The molecule has 0 aromatic carbocycles. The van der Waals surface area contributed by atoms with Gasteiger partial charge in [-0.05, 0) is 50.7 Å². The maximum absolute atomic E-state index is 13.2. The summed E-state index contributed by atoms with van der Waals surface area (Å²) in [5.74, 6) is 8.76. The van der Waals surface area contributed by atoms with E-state index in [2.05, 4.69) is 28.6 Å². The Balaban J connectivity index is 1.79. The molecule has 15 heteroatoms. The number of hydroxylamine groups is 1. The predicted molar refractivity (Wildman–Crippen MR) is 190 cm³/mol. The summed E-state index contributed by atoms with van der Waals surface area (Å²) in [6, 6.07) is -0.609. The Labute approximate surface area is 291 Å². The van der Waals surface area contributed by atoms with Crippen molar-refractivity contribution in [3.05, 3.63) is 35.1 Å². The van der Waals surface area contributed by atoms with Gasteiger partial charge in [-0.2, -0.15) is 17.2 Å². The zero-order valence-corrected chi connectivity index (χ0v) is 30.8. The normalized spacial score (nSPS) is 33.9. The Hall–Kier alpha value is -1.07. The lowest BCUT2D eigenvalue weighted by Gasteiger charge is -2.41. The summed E-state index contributed by atoms with van der Waals surface area (Å²) in [7, 11) is 2.50. The lowest BCUT2D eigenvalue weighted by atomic mass is 9.79. The van der Waals surface area contributed by atoms with Crippen LogP contribution in [0.1, 0.15) is 47.0 Å². The largest absolute Gasteiger partial charge is 0.392 e. The standard InChI is InChI=1S/C32H47N2O9PS3/c1-8-9-10-11-12-26(29-22(13-14-46-47-21(5)44(38)39)18(2)15-23(35)31(29)33-6)42-27-16-24(36)30(19(3)40-27)34-43-28-17-25(37)32(45-7)20(4)41-28/h1,9-10,13,18-21,24-28,30,32-34,36-39H,14-17H2,2-7H3/b10-9-,22-13-/t18?,19?,20?,21?,24?,25-,26-,27?,28?,30+,32+/m0/s1. The number of ketones is 1. The summed E-state index contributed by atoms with van der Waals surface area (Å²) >= 11 is 1.55. The van der Waals surface area contributed by atoms with Crippen molar-refractivity contribution >= 4 is 47.5 Å². The predicted octanol–water partition coefficient (Wildman–Crippen LogP) is 3.21. The number of nitrogens with one attached hydrogen (secondary N) is 2. The molecule has 0 aromatic heterocycles. The van der Waals surface area contributed by atoms with E-state index in [0.717, 1.165) is 5.57 Å². The molecule has 7 unspecified atom stereocenters. The highest BCUT2D eigenvalue weighted by molar-refractivity contribution is 8.77. The maximum Gasteiger partial charge on any atom is 0.180 e. The first-order valence-corrected chi connectivity index (χ1v) is 20.4. The first-order valence-electron chi connectivity index (χ1n) is 15.4. The minimum absolute atomic E-state index is 0.0490. The summed E-state index contributed by atoms with van der Waals surface area (Å²) in [6.07, 6.45) is 8.22. The molecule has 2 saturated heterocycles. The molecule has 2 fully saturated rings. The van der Waals surface area contributed by atoms with Crippen molar-refractivity contribution in [2.75, 3.05) is 19.1 Å². The Bertz CT molecular complexity index is 1230. The molecule has 6 N–H and O–H groups in total. The monoisotopic (exact) mass is 730 g/mol. The maximum atomic E-state index is 13.2. The summed E-state index contributed by atoms with van der Waals surface area (Å²) in [5, 5.41) is 24.6. The lowest BCUT2D eigenvalue weighted by Crippen LogP contribution is -2.57. The van der Waals surface area contributed by atoms with Crippen molar-refractivity contribution < 1.29 is 43.8 Å². The highest BCUT2D eigenvalue weighted by Crippen LogP contribution is 2.44. The van der Waals surface area contributed by atoms with Crippen molar-refractivity contribution in [2.24, 2.45) is 5.92 Å².